The highest BCUT2D eigenvalue weighted by Crippen LogP contribution is 2.13. The highest BCUT2D eigenvalue weighted by molar-refractivity contribution is 5.90. The van der Waals surface area contributed by atoms with Crippen LogP contribution in [0.5, 0.6) is 0 Å². The molecule has 0 aromatic carbocycles. The fourth-order valence-corrected chi connectivity index (χ4v) is 0.950. The van der Waals surface area contributed by atoms with E-state index in [2.05, 4.69) is 0 Å². The molecule has 0 aromatic rings. The van der Waals surface area contributed by atoms with Crippen LogP contribution in [0.3, 0.4) is 0 Å². The molecule has 0 saturated carbocycles. The zero-order chi connectivity index (χ0) is 8.43. The van der Waals surface area contributed by atoms with E-state index in [0.29, 0.717) is 18.4 Å². The molecular formula is C7H9NO3. The number of carboxylic acid groups (broad SMARTS) is 1. The summed E-state index contributed by atoms with van der Waals surface area (Å²) in [6, 6.07) is 0. The van der Waals surface area contributed by atoms with Gasteiger partial charge in [0.15, 0.2) is 0 Å². The number of hydrogen-bond acceptors (Lipinski definition) is 2. The van der Waals surface area contributed by atoms with E-state index in [-0.39, 0.29) is 5.91 Å². The highest BCUT2D eigenvalue weighted by atomic mass is 16.4. The molecule has 0 radical (unpaired) electrons. The van der Waals surface area contributed by atoms with Gasteiger partial charge in [0.2, 0.25) is 5.91 Å². The van der Waals surface area contributed by atoms with Crippen molar-refractivity contribution in [3.8, 4) is 0 Å². The normalized spacial score (nSPS) is 18.1. The summed E-state index contributed by atoms with van der Waals surface area (Å²) in [5.41, 5.74) is 0.298. The number of aliphatic carboxylic acids is 1. The van der Waals surface area contributed by atoms with E-state index in [4.69, 9.17) is 5.11 Å². The van der Waals surface area contributed by atoms with E-state index >= 15 is 0 Å². The van der Waals surface area contributed by atoms with E-state index in [1.54, 1.807) is 7.05 Å². The van der Waals surface area contributed by atoms with Crippen molar-refractivity contribution in [3.05, 3.63) is 11.8 Å². The molecule has 0 fully saturated rings. The fourth-order valence-electron chi connectivity index (χ4n) is 0.950. The summed E-state index contributed by atoms with van der Waals surface area (Å²) in [4.78, 5) is 22.6. The maximum atomic E-state index is 10.9. The Morgan fingerprint density at radius 2 is 2.27 bits per heavy atom. The quantitative estimate of drug-likeness (QED) is 0.588. The molecule has 0 bridgehead atoms. The van der Waals surface area contributed by atoms with Crippen molar-refractivity contribution in [2.45, 2.75) is 12.8 Å². The van der Waals surface area contributed by atoms with Crippen molar-refractivity contribution >= 4 is 11.9 Å². The zero-order valence-electron chi connectivity index (χ0n) is 6.20. The molecule has 0 saturated heterocycles. The molecule has 1 rings (SSSR count). The summed E-state index contributed by atoms with van der Waals surface area (Å²) < 4.78 is 0. The van der Waals surface area contributed by atoms with Gasteiger partial charge in [-0.05, 0) is 6.42 Å². The first-order chi connectivity index (χ1) is 5.11. The highest BCUT2D eigenvalue weighted by Gasteiger charge is 2.18. The van der Waals surface area contributed by atoms with Gasteiger partial charge in [-0.25, -0.2) is 4.79 Å². The molecule has 4 nitrogen and oxygen atoms in total. The molecule has 0 atom stereocenters. The summed E-state index contributed by atoms with van der Waals surface area (Å²) in [5.74, 6) is -0.973. The Hall–Kier alpha value is -1.32. The van der Waals surface area contributed by atoms with E-state index in [0.717, 1.165) is 0 Å². The van der Waals surface area contributed by atoms with Crippen LogP contribution < -0.4 is 0 Å². The largest absolute Gasteiger partial charge is 0.478 e. The molecule has 4 heteroatoms. The van der Waals surface area contributed by atoms with Crippen LogP contribution in [0.4, 0.5) is 0 Å². The average Bonchev–Trinajstić information content (AvgIpc) is 1.94. The number of rotatable bonds is 1. The lowest BCUT2D eigenvalue weighted by Crippen LogP contribution is -2.26. The van der Waals surface area contributed by atoms with Crippen LogP contribution in [0.15, 0.2) is 11.8 Å². The molecule has 1 amide bonds. The third kappa shape index (κ3) is 1.58. The van der Waals surface area contributed by atoms with Gasteiger partial charge >= 0.3 is 5.97 Å². The van der Waals surface area contributed by atoms with E-state index in [9.17, 15) is 9.59 Å². The standard InChI is InChI=1S/C7H9NO3/c1-8-4-5(7(10)11)2-3-6(8)9/h4H,2-3H2,1H3,(H,10,11). The van der Waals surface area contributed by atoms with Gasteiger partial charge in [0.1, 0.15) is 0 Å². The summed E-state index contributed by atoms with van der Waals surface area (Å²) in [5, 5.41) is 8.54. The molecule has 11 heavy (non-hydrogen) atoms. The first kappa shape index (κ1) is 7.78. The molecule has 1 heterocycles. The van der Waals surface area contributed by atoms with Crippen molar-refractivity contribution in [3.63, 3.8) is 0 Å². The SMILES string of the molecule is CN1C=C(C(=O)O)CCC1=O. The smallest absolute Gasteiger partial charge is 0.333 e. The summed E-state index contributed by atoms with van der Waals surface area (Å²) >= 11 is 0. The average molecular weight is 155 g/mol. The molecular weight excluding hydrogens is 146 g/mol. The number of hydrogen-bond donors (Lipinski definition) is 1. The van der Waals surface area contributed by atoms with Gasteiger partial charge in [0, 0.05) is 19.7 Å². The van der Waals surface area contributed by atoms with Gasteiger partial charge in [-0.15, -0.1) is 0 Å². The molecule has 0 aliphatic carbocycles. The Kier molecular flexibility index (Phi) is 1.94. The van der Waals surface area contributed by atoms with Gasteiger partial charge < -0.3 is 10.0 Å². The Morgan fingerprint density at radius 3 is 2.73 bits per heavy atom. The molecule has 1 N–H and O–H groups in total. The maximum Gasteiger partial charge on any atom is 0.333 e. The van der Waals surface area contributed by atoms with Crippen molar-refractivity contribution in [1.29, 1.82) is 0 Å². The first-order valence-electron chi connectivity index (χ1n) is 3.31. The number of carboxylic acids is 1. The molecule has 60 valence electrons. The second-order valence-corrected chi connectivity index (χ2v) is 2.46. The van der Waals surface area contributed by atoms with Crippen LogP contribution in [0.1, 0.15) is 12.8 Å². The van der Waals surface area contributed by atoms with E-state index in [1.165, 1.54) is 11.1 Å². The van der Waals surface area contributed by atoms with Crippen LogP contribution in [0.25, 0.3) is 0 Å². The molecule has 1 aliphatic heterocycles. The predicted molar refractivity (Wildman–Crippen MR) is 37.7 cm³/mol. The van der Waals surface area contributed by atoms with Crippen molar-refractivity contribution < 1.29 is 14.7 Å². The lowest BCUT2D eigenvalue weighted by Gasteiger charge is -2.18. The van der Waals surface area contributed by atoms with Crippen LogP contribution in [-0.2, 0) is 9.59 Å². The van der Waals surface area contributed by atoms with Gasteiger partial charge in [0.05, 0.1) is 5.57 Å². The monoisotopic (exact) mass is 155 g/mol. The van der Waals surface area contributed by atoms with Crippen molar-refractivity contribution in [1.82, 2.24) is 4.90 Å². The minimum Gasteiger partial charge on any atom is -0.478 e. The van der Waals surface area contributed by atoms with E-state index < -0.39 is 5.97 Å². The Labute approximate surface area is 64.1 Å². The van der Waals surface area contributed by atoms with Crippen LogP contribution in [-0.4, -0.2) is 28.9 Å². The van der Waals surface area contributed by atoms with Gasteiger partial charge in [-0.1, -0.05) is 0 Å². The van der Waals surface area contributed by atoms with Gasteiger partial charge in [-0.3, -0.25) is 4.79 Å². The van der Waals surface area contributed by atoms with Crippen LogP contribution in [0, 0.1) is 0 Å². The number of amides is 1. The minimum absolute atomic E-state index is 0.0324. The Bertz CT molecular complexity index is 232. The zero-order valence-corrected chi connectivity index (χ0v) is 6.20. The molecule has 1 aliphatic rings. The van der Waals surface area contributed by atoms with Crippen molar-refractivity contribution in [2.24, 2.45) is 0 Å². The first-order valence-corrected chi connectivity index (χ1v) is 3.31. The van der Waals surface area contributed by atoms with Crippen LogP contribution in [0.2, 0.25) is 0 Å². The van der Waals surface area contributed by atoms with Gasteiger partial charge in [-0.2, -0.15) is 0 Å². The lowest BCUT2D eigenvalue weighted by molar-refractivity contribution is -0.133. The minimum atomic E-state index is -0.940. The number of carbonyl (C=O) groups excluding carboxylic acids is 1. The Balaban J connectivity index is 2.79. The third-order valence-electron chi connectivity index (χ3n) is 1.63. The number of nitrogens with zero attached hydrogens (tertiary/aromatic N) is 1. The lowest BCUT2D eigenvalue weighted by atomic mass is 10.1. The summed E-state index contributed by atoms with van der Waals surface area (Å²) in [7, 11) is 1.56. The topological polar surface area (TPSA) is 57.6 Å². The molecule has 0 aromatic heterocycles. The van der Waals surface area contributed by atoms with Crippen LogP contribution >= 0.6 is 0 Å². The fraction of sp³-hybridized carbons (Fsp3) is 0.429. The number of carbonyl (C=O) groups is 2. The van der Waals surface area contributed by atoms with Gasteiger partial charge in [0.25, 0.3) is 0 Å². The third-order valence-corrected chi connectivity index (χ3v) is 1.63. The molecule has 0 spiro atoms. The van der Waals surface area contributed by atoms with Crippen molar-refractivity contribution in [2.75, 3.05) is 7.05 Å². The van der Waals surface area contributed by atoms with E-state index in [1.807, 2.05) is 0 Å². The second kappa shape index (κ2) is 2.74. The Morgan fingerprint density at radius 1 is 1.64 bits per heavy atom. The summed E-state index contributed by atoms with van der Waals surface area (Å²) in [6.45, 7) is 0. The second-order valence-electron chi connectivity index (χ2n) is 2.46. The maximum absolute atomic E-state index is 10.9. The molecule has 0 unspecified atom stereocenters. The summed E-state index contributed by atoms with van der Waals surface area (Å²) in [6.07, 6.45) is 2.02. The predicted octanol–water partition coefficient (Wildman–Crippen LogP) is 0.207.